The molecule has 0 aliphatic carbocycles. The molecular formula is C26H38Br2N2. The van der Waals surface area contributed by atoms with Gasteiger partial charge in [0, 0.05) is 35.1 Å². The van der Waals surface area contributed by atoms with E-state index in [2.05, 4.69) is 98.1 Å². The van der Waals surface area contributed by atoms with Crippen molar-refractivity contribution in [2.75, 3.05) is 0 Å². The molecule has 2 nitrogen and oxygen atoms in total. The number of hydrogen-bond acceptors (Lipinski definition) is 0. The number of rotatable bonds is 11. The molecule has 0 amide bonds. The molecule has 0 N–H and O–H groups in total. The van der Waals surface area contributed by atoms with Crippen molar-refractivity contribution < 1.29 is 43.1 Å². The first-order valence-electron chi connectivity index (χ1n) is 10.8. The molecule has 0 saturated carbocycles. The molecule has 0 aromatic carbocycles. The Kier molecular flexibility index (Phi) is 15.7. The lowest BCUT2D eigenvalue weighted by Gasteiger charge is -1.99. The highest BCUT2D eigenvalue weighted by atomic mass is 79.9. The molecule has 2 rings (SSSR count). The second-order valence-corrected chi connectivity index (χ2v) is 8.10. The van der Waals surface area contributed by atoms with E-state index in [0.717, 1.165) is 13.1 Å². The van der Waals surface area contributed by atoms with Crippen LogP contribution < -0.4 is 43.1 Å². The van der Waals surface area contributed by atoms with Gasteiger partial charge in [0.1, 0.15) is 13.1 Å². The number of aryl methyl sites for hydroxylation is 6. The molecule has 0 aliphatic heterocycles. The number of halogens is 2. The van der Waals surface area contributed by atoms with Gasteiger partial charge < -0.3 is 34.0 Å². The lowest BCUT2D eigenvalue weighted by molar-refractivity contribution is -0.698. The van der Waals surface area contributed by atoms with Gasteiger partial charge in [0.2, 0.25) is 0 Å². The molecule has 0 spiro atoms. The van der Waals surface area contributed by atoms with E-state index in [0.29, 0.717) is 0 Å². The Morgan fingerprint density at radius 1 is 0.567 bits per heavy atom. The minimum Gasteiger partial charge on any atom is -1.00 e. The molecule has 0 bridgehead atoms. The van der Waals surface area contributed by atoms with E-state index in [9.17, 15) is 0 Å². The van der Waals surface area contributed by atoms with Crippen molar-refractivity contribution in [2.24, 2.45) is 0 Å². The number of hydrogen-bond donors (Lipinski definition) is 0. The molecular weight excluding hydrogens is 500 g/mol. The first kappa shape index (κ1) is 28.7. The van der Waals surface area contributed by atoms with E-state index in [4.69, 9.17) is 0 Å². The number of pyridine rings is 2. The van der Waals surface area contributed by atoms with Gasteiger partial charge in [0.15, 0.2) is 24.8 Å². The third kappa shape index (κ3) is 12.4. The summed E-state index contributed by atoms with van der Waals surface area (Å²) in [6.07, 6.45) is 25.3. The molecule has 0 radical (unpaired) electrons. The SMILES string of the molecule is Cc1cc(C)c[n+](CCCCC=CC=CCCCC[n+]2cc(C)cc(C)c2)c1.[Br-].[Br-]. The molecule has 2 aromatic heterocycles. The van der Waals surface area contributed by atoms with Gasteiger partial charge in [-0.2, -0.15) is 0 Å². The van der Waals surface area contributed by atoms with Crippen molar-refractivity contribution in [3.8, 4) is 0 Å². The van der Waals surface area contributed by atoms with Gasteiger partial charge in [0.25, 0.3) is 0 Å². The third-order valence-electron chi connectivity index (χ3n) is 4.85. The highest BCUT2D eigenvalue weighted by molar-refractivity contribution is 5.12. The van der Waals surface area contributed by atoms with E-state index in [-0.39, 0.29) is 34.0 Å². The maximum Gasteiger partial charge on any atom is 0.171 e. The fourth-order valence-electron chi connectivity index (χ4n) is 3.71. The Morgan fingerprint density at radius 2 is 0.900 bits per heavy atom. The lowest BCUT2D eigenvalue weighted by atomic mass is 10.2. The van der Waals surface area contributed by atoms with Crippen LogP contribution in [0.1, 0.15) is 60.8 Å². The average Bonchev–Trinajstić information content (AvgIpc) is 2.61. The van der Waals surface area contributed by atoms with Gasteiger partial charge in [0.05, 0.1) is 0 Å². The second kappa shape index (κ2) is 16.4. The number of unbranched alkanes of at least 4 members (excludes halogenated alkanes) is 4. The van der Waals surface area contributed by atoms with Gasteiger partial charge in [-0.25, -0.2) is 9.13 Å². The van der Waals surface area contributed by atoms with E-state index in [1.165, 1.54) is 60.8 Å². The molecule has 0 aliphatic rings. The zero-order valence-electron chi connectivity index (χ0n) is 19.1. The van der Waals surface area contributed by atoms with Crippen LogP contribution in [0.4, 0.5) is 0 Å². The predicted molar refractivity (Wildman–Crippen MR) is 118 cm³/mol. The Bertz CT molecular complexity index is 690. The van der Waals surface area contributed by atoms with Crippen LogP contribution in [0, 0.1) is 27.7 Å². The summed E-state index contributed by atoms with van der Waals surface area (Å²) in [6, 6.07) is 4.46. The molecule has 30 heavy (non-hydrogen) atoms. The van der Waals surface area contributed by atoms with Gasteiger partial charge in [-0.15, -0.1) is 0 Å². The summed E-state index contributed by atoms with van der Waals surface area (Å²) in [6.45, 7) is 10.9. The lowest BCUT2D eigenvalue weighted by Crippen LogP contribution is -3.00. The van der Waals surface area contributed by atoms with Crippen LogP contribution in [0.15, 0.2) is 61.2 Å². The zero-order valence-corrected chi connectivity index (χ0v) is 22.3. The van der Waals surface area contributed by atoms with Crippen molar-refractivity contribution in [3.05, 3.63) is 83.5 Å². The number of nitrogens with zero attached hydrogens (tertiary/aromatic N) is 2. The van der Waals surface area contributed by atoms with Crippen LogP contribution in [0.5, 0.6) is 0 Å². The molecule has 166 valence electrons. The zero-order chi connectivity index (χ0) is 20.2. The first-order chi connectivity index (χ1) is 13.5. The van der Waals surface area contributed by atoms with Gasteiger partial charge in [-0.05, 0) is 65.5 Å². The molecule has 0 atom stereocenters. The van der Waals surface area contributed by atoms with E-state index in [1.54, 1.807) is 0 Å². The molecule has 0 saturated heterocycles. The Morgan fingerprint density at radius 3 is 1.23 bits per heavy atom. The summed E-state index contributed by atoms with van der Waals surface area (Å²) < 4.78 is 4.65. The molecule has 2 aromatic rings. The van der Waals surface area contributed by atoms with Crippen LogP contribution in [0.25, 0.3) is 0 Å². The highest BCUT2D eigenvalue weighted by Crippen LogP contribution is 2.02. The maximum atomic E-state index is 2.32. The maximum absolute atomic E-state index is 2.32. The van der Waals surface area contributed by atoms with Crippen LogP contribution in [0.2, 0.25) is 0 Å². The first-order valence-corrected chi connectivity index (χ1v) is 10.8. The molecule has 0 fully saturated rings. The second-order valence-electron chi connectivity index (χ2n) is 8.10. The minimum absolute atomic E-state index is 0. The standard InChI is InChI=1S/C26H38N2.2BrH/c1-23-17-24(2)20-27(19-23)15-13-11-9-7-5-6-8-10-12-14-16-28-21-25(3)18-26(4)22-28;;/h5-8,17-22H,9-16H2,1-4H3;2*1H/q+2;;/p-2. The molecule has 0 unspecified atom stereocenters. The summed E-state index contributed by atoms with van der Waals surface area (Å²) in [4.78, 5) is 0. The van der Waals surface area contributed by atoms with Crippen molar-refractivity contribution in [3.63, 3.8) is 0 Å². The van der Waals surface area contributed by atoms with Crippen LogP contribution >= 0.6 is 0 Å². The molecule has 4 heteroatoms. The fourth-order valence-corrected chi connectivity index (χ4v) is 3.71. The van der Waals surface area contributed by atoms with Crippen LogP contribution in [0.3, 0.4) is 0 Å². The largest absolute Gasteiger partial charge is 1.00 e. The molecule has 2 heterocycles. The third-order valence-corrected chi connectivity index (χ3v) is 4.85. The average molecular weight is 538 g/mol. The summed E-state index contributed by atoms with van der Waals surface area (Å²) in [5.74, 6) is 0. The summed E-state index contributed by atoms with van der Waals surface area (Å²) >= 11 is 0. The van der Waals surface area contributed by atoms with Crippen molar-refractivity contribution >= 4 is 0 Å². The summed E-state index contributed by atoms with van der Waals surface area (Å²) in [7, 11) is 0. The fraction of sp³-hybridized carbons (Fsp3) is 0.462. The topological polar surface area (TPSA) is 7.76 Å². The number of aromatic nitrogens is 2. The smallest absolute Gasteiger partial charge is 0.171 e. The van der Waals surface area contributed by atoms with Gasteiger partial charge in [-0.1, -0.05) is 24.3 Å². The quantitative estimate of drug-likeness (QED) is 0.210. The Hall–Kier alpha value is -1.26. The summed E-state index contributed by atoms with van der Waals surface area (Å²) in [5.41, 5.74) is 5.38. The Labute approximate surface area is 205 Å². The van der Waals surface area contributed by atoms with Crippen LogP contribution in [-0.4, -0.2) is 0 Å². The minimum atomic E-state index is 0. The van der Waals surface area contributed by atoms with Crippen molar-refractivity contribution in [2.45, 2.75) is 79.3 Å². The monoisotopic (exact) mass is 536 g/mol. The van der Waals surface area contributed by atoms with Crippen molar-refractivity contribution in [1.82, 2.24) is 0 Å². The van der Waals surface area contributed by atoms with Gasteiger partial charge in [-0.3, -0.25) is 0 Å². The summed E-state index contributed by atoms with van der Waals surface area (Å²) in [5, 5.41) is 0. The van der Waals surface area contributed by atoms with E-state index < -0.39 is 0 Å². The Balaban J connectivity index is 0.00000420. The van der Waals surface area contributed by atoms with Crippen molar-refractivity contribution in [1.29, 1.82) is 0 Å². The van der Waals surface area contributed by atoms with E-state index >= 15 is 0 Å². The predicted octanol–water partition coefficient (Wildman–Crippen LogP) is -0.344. The normalized spacial score (nSPS) is 10.9. The number of allylic oxidation sites excluding steroid dienone is 4. The van der Waals surface area contributed by atoms with E-state index in [1.807, 2.05) is 0 Å². The van der Waals surface area contributed by atoms with Gasteiger partial charge >= 0.3 is 0 Å². The van der Waals surface area contributed by atoms with Crippen LogP contribution in [-0.2, 0) is 13.1 Å². The highest BCUT2D eigenvalue weighted by Gasteiger charge is 2.03.